The minimum atomic E-state index is -0.285. The van der Waals surface area contributed by atoms with E-state index in [0.29, 0.717) is 0 Å². The SMILES string of the molecule is Cc1sccc1C=CC(=O)Nc1nn[nH]n1. The molecule has 0 atom stereocenters. The molecule has 16 heavy (non-hydrogen) atoms. The number of tetrazole rings is 1. The fourth-order valence-electron chi connectivity index (χ4n) is 1.10. The van der Waals surface area contributed by atoms with Crippen molar-refractivity contribution in [1.82, 2.24) is 20.6 Å². The first kappa shape index (κ1) is 10.5. The molecular weight excluding hydrogens is 226 g/mol. The topological polar surface area (TPSA) is 83.6 Å². The fourth-order valence-corrected chi connectivity index (χ4v) is 1.79. The smallest absolute Gasteiger partial charge is 0.270 e. The molecule has 0 fully saturated rings. The highest BCUT2D eigenvalue weighted by molar-refractivity contribution is 7.10. The van der Waals surface area contributed by atoms with E-state index in [1.165, 1.54) is 11.0 Å². The number of nitrogens with one attached hydrogen (secondary N) is 2. The Hall–Kier alpha value is -2.02. The Balaban J connectivity index is 1.98. The second-order valence-corrected chi connectivity index (χ2v) is 4.11. The van der Waals surface area contributed by atoms with Crippen molar-refractivity contribution < 1.29 is 4.79 Å². The van der Waals surface area contributed by atoms with Gasteiger partial charge in [-0.25, -0.2) is 0 Å². The molecule has 0 saturated carbocycles. The lowest BCUT2D eigenvalue weighted by molar-refractivity contribution is -0.111. The summed E-state index contributed by atoms with van der Waals surface area (Å²) in [6.07, 6.45) is 3.19. The van der Waals surface area contributed by atoms with E-state index < -0.39 is 0 Å². The van der Waals surface area contributed by atoms with Crippen LogP contribution in [0.3, 0.4) is 0 Å². The number of carbonyl (C=O) groups is 1. The molecule has 2 rings (SSSR count). The van der Waals surface area contributed by atoms with Crippen LogP contribution in [0.1, 0.15) is 10.4 Å². The quantitative estimate of drug-likeness (QED) is 0.783. The lowest BCUT2D eigenvalue weighted by Gasteiger charge is -1.93. The zero-order chi connectivity index (χ0) is 11.4. The van der Waals surface area contributed by atoms with E-state index in [-0.39, 0.29) is 11.9 Å². The molecule has 0 unspecified atom stereocenters. The second kappa shape index (κ2) is 4.67. The van der Waals surface area contributed by atoms with Gasteiger partial charge in [0.05, 0.1) is 0 Å². The number of carbonyl (C=O) groups excluding carboxylic acids is 1. The van der Waals surface area contributed by atoms with Crippen LogP contribution in [-0.4, -0.2) is 26.5 Å². The average molecular weight is 235 g/mol. The van der Waals surface area contributed by atoms with Gasteiger partial charge in [-0.15, -0.1) is 16.4 Å². The van der Waals surface area contributed by atoms with Gasteiger partial charge in [-0.3, -0.25) is 10.1 Å². The first-order valence-electron chi connectivity index (χ1n) is 4.52. The number of H-pyrrole nitrogens is 1. The minimum Gasteiger partial charge on any atom is -0.288 e. The van der Waals surface area contributed by atoms with Crippen LogP contribution in [-0.2, 0) is 4.79 Å². The number of aryl methyl sites for hydroxylation is 1. The zero-order valence-corrected chi connectivity index (χ0v) is 9.28. The van der Waals surface area contributed by atoms with Crippen LogP contribution in [0.25, 0.3) is 6.08 Å². The van der Waals surface area contributed by atoms with Crippen LogP contribution in [0.15, 0.2) is 17.5 Å². The maximum Gasteiger partial charge on any atom is 0.270 e. The molecule has 6 nitrogen and oxygen atoms in total. The van der Waals surface area contributed by atoms with Gasteiger partial charge in [-0.05, 0) is 35.2 Å². The fraction of sp³-hybridized carbons (Fsp3) is 0.111. The largest absolute Gasteiger partial charge is 0.288 e. The molecule has 2 N–H and O–H groups in total. The predicted octanol–water partition coefficient (Wildman–Crippen LogP) is 1.22. The Morgan fingerprint density at radius 3 is 3.12 bits per heavy atom. The lowest BCUT2D eigenvalue weighted by atomic mass is 10.2. The Bertz CT molecular complexity index is 502. The minimum absolute atomic E-state index is 0.164. The summed E-state index contributed by atoms with van der Waals surface area (Å²) in [6, 6.07) is 1.96. The van der Waals surface area contributed by atoms with Crippen molar-refractivity contribution in [3.63, 3.8) is 0 Å². The number of rotatable bonds is 3. The number of aromatic nitrogens is 4. The summed E-state index contributed by atoms with van der Waals surface area (Å²) in [5, 5.41) is 17.2. The van der Waals surface area contributed by atoms with Gasteiger partial charge in [-0.2, -0.15) is 5.21 Å². The highest BCUT2D eigenvalue weighted by Gasteiger charge is 2.01. The number of aromatic amines is 1. The molecule has 0 saturated heterocycles. The van der Waals surface area contributed by atoms with E-state index in [4.69, 9.17) is 0 Å². The van der Waals surface area contributed by atoms with E-state index in [2.05, 4.69) is 25.9 Å². The molecule has 0 aliphatic heterocycles. The summed E-state index contributed by atoms with van der Waals surface area (Å²) < 4.78 is 0. The van der Waals surface area contributed by atoms with E-state index in [1.54, 1.807) is 17.4 Å². The standard InChI is InChI=1S/C9H9N5OS/c1-6-7(4-5-16-6)2-3-8(15)10-9-11-13-14-12-9/h2-5H,1H3,(H2,10,11,12,13,14,15). The second-order valence-electron chi connectivity index (χ2n) is 2.99. The van der Waals surface area contributed by atoms with Crippen molar-refractivity contribution in [3.8, 4) is 0 Å². The van der Waals surface area contributed by atoms with E-state index in [0.717, 1.165) is 5.56 Å². The lowest BCUT2D eigenvalue weighted by Crippen LogP contribution is -2.09. The molecule has 1 amide bonds. The Morgan fingerprint density at radius 1 is 1.62 bits per heavy atom. The number of anilines is 1. The number of nitrogens with zero attached hydrogens (tertiary/aromatic N) is 3. The molecule has 7 heteroatoms. The molecule has 82 valence electrons. The van der Waals surface area contributed by atoms with Crippen molar-refractivity contribution in [3.05, 3.63) is 28.0 Å². The zero-order valence-electron chi connectivity index (χ0n) is 8.47. The van der Waals surface area contributed by atoms with Gasteiger partial charge in [0.25, 0.3) is 11.9 Å². The predicted molar refractivity (Wildman–Crippen MR) is 60.9 cm³/mol. The summed E-state index contributed by atoms with van der Waals surface area (Å²) in [4.78, 5) is 12.6. The van der Waals surface area contributed by atoms with Crippen LogP contribution >= 0.6 is 11.3 Å². The van der Waals surface area contributed by atoms with Gasteiger partial charge in [0, 0.05) is 11.0 Å². The molecular formula is C9H9N5OS. The summed E-state index contributed by atoms with van der Waals surface area (Å²) in [6.45, 7) is 2.00. The Morgan fingerprint density at radius 2 is 2.50 bits per heavy atom. The van der Waals surface area contributed by atoms with Gasteiger partial charge in [0.2, 0.25) is 0 Å². The summed E-state index contributed by atoms with van der Waals surface area (Å²) in [5.41, 5.74) is 1.04. The molecule has 0 bridgehead atoms. The van der Waals surface area contributed by atoms with Gasteiger partial charge < -0.3 is 0 Å². The normalized spacial score (nSPS) is 10.8. The van der Waals surface area contributed by atoms with Crippen molar-refractivity contribution >= 4 is 29.3 Å². The first-order valence-corrected chi connectivity index (χ1v) is 5.40. The molecule has 2 aromatic rings. The maximum atomic E-state index is 11.4. The molecule has 0 radical (unpaired) electrons. The highest BCUT2D eigenvalue weighted by Crippen LogP contribution is 2.16. The number of hydrogen-bond donors (Lipinski definition) is 2. The van der Waals surface area contributed by atoms with Crippen LogP contribution in [0.4, 0.5) is 5.95 Å². The maximum absolute atomic E-state index is 11.4. The molecule has 2 aromatic heterocycles. The van der Waals surface area contributed by atoms with Crippen LogP contribution in [0, 0.1) is 6.92 Å². The van der Waals surface area contributed by atoms with Crippen molar-refractivity contribution in [1.29, 1.82) is 0 Å². The van der Waals surface area contributed by atoms with Crippen molar-refractivity contribution in [2.75, 3.05) is 5.32 Å². The molecule has 2 heterocycles. The molecule has 0 aromatic carbocycles. The average Bonchev–Trinajstić information content (AvgIpc) is 2.87. The summed E-state index contributed by atoms with van der Waals surface area (Å²) in [5.74, 6) is -0.122. The molecule has 0 aliphatic carbocycles. The van der Waals surface area contributed by atoms with Gasteiger partial charge in [0.1, 0.15) is 0 Å². The molecule has 0 spiro atoms. The number of thiophene rings is 1. The third kappa shape index (κ3) is 2.51. The first-order chi connectivity index (χ1) is 7.75. The summed E-state index contributed by atoms with van der Waals surface area (Å²) >= 11 is 1.64. The van der Waals surface area contributed by atoms with Crippen LogP contribution < -0.4 is 5.32 Å². The third-order valence-electron chi connectivity index (χ3n) is 1.89. The Labute approximate surface area is 95.4 Å². The third-order valence-corrected chi connectivity index (χ3v) is 2.75. The number of amides is 1. The van der Waals surface area contributed by atoms with E-state index in [9.17, 15) is 4.79 Å². The van der Waals surface area contributed by atoms with Crippen LogP contribution in [0.2, 0.25) is 0 Å². The highest BCUT2D eigenvalue weighted by atomic mass is 32.1. The van der Waals surface area contributed by atoms with E-state index in [1.807, 2.05) is 18.4 Å². The number of hydrogen-bond acceptors (Lipinski definition) is 5. The van der Waals surface area contributed by atoms with Crippen LogP contribution in [0.5, 0.6) is 0 Å². The van der Waals surface area contributed by atoms with Gasteiger partial charge in [-0.1, -0.05) is 5.10 Å². The Kier molecular flexibility index (Phi) is 3.06. The van der Waals surface area contributed by atoms with Crippen molar-refractivity contribution in [2.45, 2.75) is 6.92 Å². The van der Waals surface area contributed by atoms with Gasteiger partial charge in [0.15, 0.2) is 0 Å². The van der Waals surface area contributed by atoms with E-state index >= 15 is 0 Å². The van der Waals surface area contributed by atoms with Gasteiger partial charge >= 0.3 is 0 Å². The molecule has 0 aliphatic rings. The van der Waals surface area contributed by atoms with Crippen molar-refractivity contribution in [2.24, 2.45) is 0 Å². The summed E-state index contributed by atoms with van der Waals surface area (Å²) in [7, 11) is 0. The monoisotopic (exact) mass is 235 g/mol.